The van der Waals surface area contributed by atoms with Crippen LogP contribution in [0.3, 0.4) is 0 Å². The second-order valence-corrected chi connectivity index (χ2v) is 11.4. The van der Waals surface area contributed by atoms with Gasteiger partial charge < -0.3 is 16.2 Å². The number of nitrogens with zero attached hydrogens (tertiary/aromatic N) is 1. The Morgan fingerprint density at radius 1 is 0.905 bits per heavy atom. The van der Waals surface area contributed by atoms with E-state index in [0.29, 0.717) is 0 Å². The molecule has 0 rings (SSSR count). The van der Waals surface area contributed by atoms with Crippen molar-refractivity contribution in [2.24, 2.45) is 0 Å². The third-order valence-corrected chi connectivity index (χ3v) is 8.47. The molecule has 0 bridgehead atoms. The van der Waals surface area contributed by atoms with Crippen molar-refractivity contribution < 1.29 is 9.90 Å². The van der Waals surface area contributed by atoms with Gasteiger partial charge in [0.05, 0.1) is 0 Å². The molecular weight excluding hydrogens is 283 g/mol. The summed E-state index contributed by atoms with van der Waals surface area (Å²) in [6.07, 6.45) is 12.5. The summed E-state index contributed by atoms with van der Waals surface area (Å²) in [5, 5.41) is 7.92. The fourth-order valence-corrected chi connectivity index (χ4v) is 6.56. The van der Waals surface area contributed by atoms with Crippen LogP contribution in [0, 0.1) is 0 Å². The van der Waals surface area contributed by atoms with Crippen LogP contribution in [-0.4, -0.2) is 55.3 Å². The van der Waals surface area contributed by atoms with Crippen molar-refractivity contribution in [3.05, 3.63) is 0 Å². The first-order chi connectivity index (χ1) is 9.32. The van der Waals surface area contributed by atoms with E-state index in [-0.39, 0.29) is 6.15 Å². The maximum atomic E-state index is 9.62. The molecule has 1 amide bonds. The molecule has 21 heavy (non-hydrogen) atoms. The zero-order valence-electron chi connectivity index (χ0n) is 15.4. The molecule has 0 unspecified atom stereocenters. The molecule has 0 spiro atoms. The Kier molecular flexibility index (Phi) is 19.6. The van der Waals surface area contributed by atoms with Crippen LogP contribution in [0.4, 0.5) is 4.79 Å². The summed E-state index contributed by atoms with van der Waals surface area (Å²) in [6.45, 7) is 9.63. The second kappa shape index (κ2) is 16.0. The predicted octanol–water partition coefficient (Wildman–Crippen LogP) is 5.15. The molecule has 0 saturated heterocycles. The molecule has 0 saturated carbocycles. The van der Waals surface area contributed by atoms with Gasteiger partial charge in [0.15, 0.2) is 0 Å². The summed E-state index contributed by atoms with van der Waals surface area (Å²) in [6, 6.07) is 0. The van der Waals surface area contributed by atoms with E-state index < -0.39 is 13.4 Å². The van der Waals surface area contributed by atoms with Gasteiger partial charge in [-0.25, -0.2) is 4.79 Å². The van der Waals surface area contributed by atoms with E-state index in [0.717, 1.165) is 4.90 Å². The van der Waals surface area contributed by atoms with Crippen LogP contribution >= 0.6 is 7.26 Å². The minimum atomic E-state index is -0.907. The summed E-state index contributed by atoms with van der Waals surface area (Å²) in [5.74, 6) is 0. The van der Waals surface area contributed by atoms with Gasteiger partial charge in [0.2, 0.25) is 0 Å². The monoisotopic (exact) mass is 324 g/mol. The van der Waals surface area contributed by atoms with Gasteiger partial charge in [-0.2, -0.15) is 0 Å². The Morgan fingerprint density at radius 3 is 1.29 bits per heavy atom. The number of unbranched alkanes of at least 4 members (excludes halogenated alkanes) is 3. The van der Waals surface area contributed by atoms with Gasteiger partial charge in [0.25, 0.3) is 0 Å². The maximum Gasteiger partial charge on any atom is 0.406 e. The number of hydrogen-bond acceptors (Lipinski definition) is 2. The molecule has 0 aromatic heterocycles. The molecule has 132 valence electrons. The number of carboxylic acid groups (broad SMARTS) is 1. The minimum Gasteiger partial charge on any atom is -0.465 e. The molecule has 0 heterocycles. The second-order valence-electron chi connectivity index (χ2n) is 6.30. The summed E-state index contributed by atoms with van der Waals surface area (Å²) in [4.78, 5) is 10.7. The topological polar surface area (TPSA) is 75.5 Å². The smallest absolute Gasteiger partial charge is 0.406 e. The van der Waals surface area contributed by atoms with E-state index in [1.807, 2.05) is 0 Å². The van der Waals surface area contributed by atoms with Crippen LogP contribution in [0.25, 0.3) is 0 Å². The van der Waals surface area contributed by atoms with E-state index in [9.17, 15) is 4.79 Å². The molecule has 0 aliphatic carbocycles. The number of carbonyl (C=O) groups is 1. The quantitative estimate of drug-likeness (QED) is 0.575. The van der Waals surface area contributed by atoms with Crippen molar-refractivity contribution in [3.63, 3.8) is 0 Å². The molecule has 4 nitrogen and oxygen atoms in total. The molecule has 0 radical (unpaired) electrons. The zero-order chi connectivity index (χ0) is 16.0. The Hall–Kier alpha value is -0.340. The Morgan fingerprint density at radius 2 is 1.14 bits per heavy atom. The molecule has 0 aromatic carbocycles. The number of rotatable bonds is 9. The van der Waals surface area contributed by atoms with Gasteiger partial charge >= 0.3 is 97.8 Å². The van der Waals surface area contributed by atoms with Crippen LogP contribution in [0.1, 0.15) is 59.3 Å². The van der Waals surface area contributed by atoms with Gasteiger partial charge in [-0.15, -0.1) is 0 Å². The van der Waals surface area contributed by atoms with E-state index in [1.165, 1.54) is 52.6 Å². The summed E-state index contributed by atoms with van der Waals surface area (Å²) >= 11 is 0. The van der Waals surface area contributed by atoms with E-state index in [4.69, 9.17) is 5.11 Å². The Bertz CT molecular complexity index is 215. The van der Waals surface area contributed by atoms with Crippen molar-refractivity contribution >= 4 is 13.4 Å². The molecule has 0 aromatic rings. The first-order valence-electron chi connectivity index (χ1n) is 8.23. The van der Waals surface area contributed by atoms with Gasteiger partial charge in [0, 0.05) is 14.1 Å². The Balaban J connectivity index is -0.000000394. The molecule has 0 fully saturated rings. The van der Waals surface area contributed by atoms with Gasteiger partial charge in [-0.3, -0.25) is 0 Å². The number of hydrogen-bond donors (Lipinski definition) is 2. The predicted molar refractivity (Wildman–Crippen MR) is 100 cm³/mol. The minimum absolute atomic E-state index is 0. The van der Waals surface area contributed by atoms with Crippen LogP contribution in [0.15, 0.2) is 0 Å². The number of amides is 1. The molecule has 0 aliphatic rings. The van der Waals surface area contributed by atoms with Crippen molar-refractivity contribution in [3.8, 4) is 0 Å². The SMILES string of the molecule is CCCC[PH](C)(CCCC)CCCC.CN(C)C(=O)O.N. The first-order valence-corrected chi connectivity index (χ1v) is 11.3. The van der Waals surface area contributed by atoms with E-state index >= 15 is 0 Å². The first kappa shape index (κ1) is 25.6. The van der Waals surface area contributed by atoms with Crippen LogP contribution in [-0.2, 0) is 0 Å². The van der Waals surface area contributed by atoms with Crippen LogP contribution in [0.2, 0.25) is 0 Å². The average molecular weight is 324 g/mol. The molecule has 4 N–H and O–H groups in total. The van der Waals surface area contributed by atoms with Crippen molar-refractivity contribution in [2.45, 2.75) is 59.3 Å². The third kappa shape index (κ3) is 17.6. The fraction of sp³-hybridized carbons (Fsp3) is 0.938. The van der Waals surface area contributed by atoms with Crippen LogP contribution < -0.4 is 6.15 Å². The van der Waals surface area contributed by atoms with E-state index in [1.54, 1.807) is 18.5 Å². The molecule has 5 heteroatoms. The van der Waals surface area contributed by atoms with Gasteiger partial charge in [0.1, 0.15) is 0 Å². The van der Waals surface area contributed by atoms with Crippen molar-refractivity contribution in [1.29, 1.82) is 0 Å². The van der Waals surface area contributed by atoms with Gasteiger partial charge in [-0.05, 0) is 0 Å². The Labute approximate surface area is 133 Å². The largest absolute Gasteiger partial charge is 0.465 e. The fourth-order valence-electron chi connectivity index (χ4n) is 2.19. The normalized spacial score (nSPS) is 11.0. The average Bonchev–Trinajstić information content (AvgIpc) is 2.41. The molecule has 0 aliphatic heterocycles. The van der Waals surface area contributed by atoms with Crippen LogP contribution in [0.5, 0.6) is 0 Å². The van der Waals surface area contributed by atoms with Gasteiger partial charge in [-0.1, -0.05) is 0 Å². The standard InChI is InChI=1S/C13H31P.C3H7NO2.H3N/c1-5-8-11-14(4,12-9-6-2)13-10-7-3;1-4(2)3(5)6;/h14H,5-13H2,1-4H3;1-2H3,(H,5,6);1H3. The molecular formula is C16H41N2O2P. The third-order valence-electron chi connectivity index (χ3n) is 3.78. The maximum absolute atomic E-state index is 9.62. The zero-order valence-corrected chi connectivity index (χ0v) is 16.4. The summed E-state index contributed by atoms with van der Waals surface area (Å²) in [7, 11) is 2.14. The summed E-state index contributed by atoms with van der Waals surface area (Å²) < 4.78 is 0. The summed E-state index contributed by atoms with van der Waals surface area (Å²) in [5.41, 5.74) is 0. The van der Waals surface area contributed by atoms with Crippen molar-refractivity contribution in [2.75, 3.05) is 39.2 Å². The molecule has 0 atom stereocenters. The van der Waals surface area contributed by atoms with E-state index in [2.05, 4.69) is 27.4 Å². The van der Waals surface area contributed by atoms with Crippen molar-refractivity contribution in [1.82, 2.24) is 11.1 Å².